The molecule has 0 atom stereocenters. The van der Waals surface area contributed by atoms with Crippen LogP contribution in [0.3, 0.4) is 0 Å². The molecule has 0 bridgehead atoms. The van der Waals surface area contributed by atoms with Gasteiger partial charge in [-0.3, -0.25) is 4.98 Å². The van der Waals surface area contributed by atoms with Gasteiger partial charge in [0.15, 0.2) is 0 Å². The number of fused-ring (bicyclic) bond motifs is 1. The van der Waals surface area contributed by atoms with Crippen LogP contribution in [0.4, 0.5) is 0 Å². The number of carbonyl (C=O) groups is 1. The molecule has 0 radical (unpaired) electrons. The number of benzene rings is 1. The summed E-state index contributed by atoms with van der Waals surface area (Å²) in [5.74, 6) is -0.338. The zero-order valence-corrected chi connectivity index (χ0v) is 13.4. The molecule has 4 heteroatoms. The minimum Gasteiger partial charge on any atom is -0.463 e. The fraction of sp³-hybridized carbons (Fsp3) is 0.100. The third-order valence-electron chi connectivity index (χ3n) is 3.54. The van der Waals surface area contributed by atoms with E-state index >= 15 is 0 Å². The molecule has 0 unspecified atom stereocenters. The zero-order valence-electron chi connectivity index (χ0n) is 13.4. The van der Waals surface area contributed by atoms with Crippen LogP contribution < -0.4 is 0 Å². The first-order valence-corrected chi connectivity index (χ1v) is 7.82. The Bertz CT molecular complexity index is 892. The first-order chi connectivity index (χ1) is 11.8. The lowest BCUT2D eigenvalue weighted by atomic mass is 10.2. The summed E-state index contributed by atoms with van der Waals surface area (Å²) >= 11 is 0. The van der Waals surface area contributed by atoms with Gasteiger partial charge in [-0.05, 0) is 37.3 Å². The smallest absolute Gasteiger partial charge is 0.330 e. The van der Waals surface area contributed by atoms with Gasteiger partial charge < -0.3 is 9.30 Å². The number of carbonyl (C=O) groups excluding carboxylic acids is 1. The lowest BCUT2D eigenvalue weighted by Gasteiger charge is -2.07. The summed E-state index contributed by atoms with van der Waals surface area (Å²) in [6, 6.07) is 14.2. The molecule has 0 amide bonds. The number of ether oxygens (including phenoxy) is 1. The van der Waals surface area contributed by atoms with Crippen LogP contribution in [0.1, 0.15) is 12.6 Å². The average Bonchev–Trinajstić information content (AvgIpc) is 2.98. The van der Waals surface area contributed by atoms with Gasteiger partial charge in [0.2, 0.25) is 0 Å². The van der Waals surface area contributed by atoms with Crippen molar-refractivity contribution >= 4 is 22.9 Å². The molecule has 3 rings (SSSR count). The van der Waals surface area contributed by atoms with Crippen molar-refractivity contribution in [3.8, 4) is 5.69 Å². The molecule has 0 fully saturated rings. The molecule has 120 valence electrons. The van der Waals surface area contributed by atoms with Crippen molar-refractivity contribution < 1.29 is 9.53 Å². The second-order valence-electron chi connectivity index (χ2n) is 5.14. The number of para-hydroxylation sites is 1. The Morgan fingerprint density at radius 3 is 2.88 bits per heavy atom. The van der Waals surface area contributed by atoms with E-state index in [0.717, 1.165) is 22.3 Å². The number of rotatable bonds is 5. The van der Waals surface area contributed by atoms with Crippen molar-refractivity contribution in [2.45, 2.75) is 6.92 Å². The van der Waals surface area contributed by atoms with Crippen LogP contribution in [0.15, 0.2) is 73.1 Å². The lowest BCUT2D eigenvalue weighted by molar-refractivity contribution is -0.137. The molecule has 3 aromatic rings. The molecule has 24 heavy (non-hydrogen) atoms. The summed E-state index contributed by atoms with van der Waals surface area (Å²) in [6.45, 7) is 2.16. The normalized spacial score (nSPS) is 11.5. The van der Waals surface area contributed by atoms with E-state index in [1.807, 2.05) is 42.6 Å². The predicted octanol–water partition coefficient (Wildman–Crippen LogP) is 4.16. The highest BCUT2D eigenvalue weighted by Gasteiger charge is 2.07. The first kappa shape index (κ1) is 15.7. The van der Waals surface area contributed by atoms with Gasteiger partial charge in [-0.15, -0.1) is 0 Å². The van der Waals surface area contributed by atoms with E-state index in [4.69, 9.17) is 4.74 Å². The minimum absolute atomic E-state index is 0.338. The Labute approximate surface area is 140 Å². The predicted molar refractivity (Wildman–Crippen MR) is 95.9 cm³/mol. The number of aromatic nitrogens is 2. The van der Waals surface area contributed by atoms with Crippen LogP contribution >= 0.6 is 0 Å². The molecule has 1 aromatic carbocycles. The van der Waals surface area contributed by atoms with Crippen LogP contribution in [0.5, 0.6) is 0 Å². The third kappa shape index (κ3) is 3.43. The van der Waals surface area contributed by atoms with E-state index in [1.54, 1.807) is 19.2 Å². The van der Waals surface area contributed by atoms with Crippen molar-refractivity contribution in [2.75, 3.05) is 6.61 Å². The fourth-order valence-electron chi connectivity index (χ4n) is 2.55. The molecular weight excluding hydrogens is 300 g/mol. The Hall–Kier alpha value is -3.14. The number of pyridine rings is 1. The second-order valence-corrected chi connectivity index (χ2v) is 5.14. The van der Waals surface area contributed by atoms with Gasteiger partial charge in [0.25, 0.3) is 0 Å². The summed E-state index contributed by atoms with van der Waals surface area (Å²) < 4.78 is 7.00. The molecule has 0 aliphatic heterocycles. The Morgan fingerprint density at radius 1 is 1.21 bits per heavy atom. The number of hydrogen-bond acceptors (Lipinski definition) is 3. The Morgan fingerprint density at radius 2 is 2.08 bits per heavy atom. The van der Waals surface area contributed by atoms with Gasteiger partial charge in [-0.1, -0.05) is 30.4 Å². The highest BCUT2D eigenvalue weighted by Crippen LogP contribution is 2.24. The molecular formula is C20H18N2O2. The largest absolute Gasteiger partial charge is 0.463 e. The van der Waals surface area contributed by atoms with Gasteiger partial charge in [-0.25, -0.2) is 4.79 Å². The monoisotopic (exact) mass is 318 g/mol. The van der Waals surface area contributed by atoms with E-state index in [2.05, 4.69) is 27.8 Å². The SMILES string of the molecule is CCOC(=O)C=CC=Cc1cc2ccccc2n1-c1cccnc1. The maximum Gasteiger partial charge on any atom is 0.330 e. The van der Waals surface area contributed by atoms with Crippen LogP contribution in [-0.4, -0.2) is 22.1 Å². The highest BCUT2D eigenvalue weighted by atomic mass is 16.5. The summed E-state index contributed by atoms with van der Waals surface area (Å²) in [7, 11) is 0. The summed E-state index contributed by atoms with van der Waals surface area (Å²) in [5.41, 5.74) is 3.12. The second kappa shape index (κ2) is 7.42. The molecule has 0 aliphatic carbocycles. The number of hydrogen-bond donors (Lipinski definition) is 0. The van der Waals surface area contributed by atoms with Gasteiger partial charge in [0.05, 0.1) is 24.0 Å². The molecule has 0 saturated heterocycles. The molecule has 0 spiro atoms. The van der Waals surface area contributed by atoms with E-state index in [9.17, 15) is 4.79 Å². The van der Waals surface area contributed by atoms with Crippen LogP contribution in [-0.2, 0) is 9.53 Å². The van der Waals surface area contributed by atoms with Gasteiger partial charge in [0.1, 0.15) is 0 Å². The summed E-state index contributed by atoms with van der Waals surface area (Å²) in [4.78, 5) is 15.5. The molecule has 4 nitrogen and oxygen atoms in total. The zero-order chi connectivity index (χ0) is 16.8. The van der Waals surface area contributed by atoms with Crippen molar-refractivity contribution in [1.82, 2.24) is 9.55 Å². The van der Waals surface area contributed by atoms with Crippen molar-refractivity contribution in [2.24, 2.45) is 0 Å². The standard InChI is InChI=1S/C20H18N2O2/c1-2-24-20(23)12-6-4-9-17-14-16-8-3-5-11-19(16)22(17)18-10-7-13-21-15-18/h3-15H,2H2,1H3. The topological polar surface area (TPSA) is 44.1 Å². The van der Waals surface area contributed by atoms with Gasteiger partial charge in [-0.2, -0.15) is 0 Å². The highest BCUT2D eigenvalue weighted by molar-refractivity contribution is 5.86. The molecule has 0 aliphatic rings. The van der Waals surface area contributed by atoms with Crippen LogP contribution in [0.2, 0.25) is 0 Å². The maximum absolute atomic E-state index is 11.3. The van der Waals surface area contributed by atoms with E-state index in [-0.39, 0.29) is 5.97 Å². The third-order valence-corrected chi connectivity index (χ3v) is 3.54. The van der Waals surface area contributed by atoms with Crippen molar-refractivity contribution in [3.05, 3.63) is 78.8 Å². The van der Waals surface area contributed by atoms with Crippen molar-refractivity contribution in [1.29, 1.82) is 0 Å². The Balaban J connectivity index is 1.97. The fourth-order valence-corrected chi connectivity index (χ4v) is 2.55. The number of esters is 1. The van der Waals surface area contributed by atoms with E-state index in [0.29, 0.717) is 6.61 Å². The van der Waals surface area contributed by atoms with E-state index < -0.39 is 0 Å². The molecule has 2 heterocycles. The van der Waals surface area contributed by atoms with Gasteiger partial charge >= 0.3 is 5.97 Å². The quantitative estimate of drug-likeness (QED) is 0.403. The summed E-state index contributed by atoms with van der Waals surface area (Å²) in [5, 5.41) is 1.15. The Kier molecular flexibility index (Phi) is 4.87. The molecule has 2 aromatic heterocycles. The van der Waals surface area contributed by atoms with Crippen LogP contribution in [0, 0.1) is 0 Å². The summed E-state index contributed by atoms with van der Waals surface area (Å²) in [6.07, 6.45) is 10.5. The lowest BCUT2D eigenvalue weighted by Crippen LogP contribution is -1.98. The number of allylic oxidation sites excluding steroid dienone is 2. The molecule has 0 N–H and O–H groups in total. The average molecular weight is 318 g/mol. The molecule has 0 saturated carbocycles. The van der Waals surface area contributed by atoms with E-state index in [1.165, 1.54) is 6.08 Å². The maximum atomic E-state index is 11.3. The van der Waals surface area contributed by atoms with Gasteiger partial charge in [0, 0.05) is 23.4 Å². The minimum atomic E-state index is -0.338. The van der Waals surface area contributed by atoms with Crippen LogP contribution in [0.25, 0.3) is 22.7 Å². The first-order valence-electron chi connectivity index (χ1n) is 7.82. The van der Waals surface area contributed by atoms with Crippen molar-refractivity contribution in [3.63, 3.8) is 0 Å². The number of nitrogens with zero attached hydrogens (tertiary/aromatic N) is 2.